The van der Waals surface area contributed by atoms with Crippen molar-refractivity contribution in [1.82, 2.24) is 4.90 Å². The number of anilines is 1. The lowest BCUT2D eigenvalue weighted by molar-refractivity contribution is -0.126. The third kappa shape index (κ3) is 3.67. The topological polar surface area (TPSA) is 70.8 Å². The molecule has 0 fully saturated rings. The van der Waals surface area contributed by atoms with Gasteiger partial charge in [0.2, 0.25) is 5.76 Å². The Balaban J connectivity index is 1.50. The average Bonchev–Trinajstić information content (AvgIpc) is 3.36. The first-order valence-corrected chi connectivity index (χ1v) is 13.8. The Morgan fingerprint density at radius 2 is 1.44 bits per heavy atom. The van der Waals surface area contributed by atoms with Crippen molar-refractivity contribution in [3.63, 3.8) is 0 Å². The van der Waals surface area contributed by atoms with Crippen LogP contribution < -0.4 is 10.3 Å². The summed E-state index contributed by atoms with van der Waals surface area (Å²) in [5.74, 6) is -0.946. The molecule has 3 heterocycles. The lowest BCUT2D eigenvalue weighted by Crippen LogP contribution is -2.52. The van der Waals surface area contributed by atoms with E-state index in [-0.39, 0.29) is 35.7 Å². The highest BCUT2D eigenvalue weighted by atomic mass is 35.5. The summed E-state index contributed by atoms with van der Waals surface area (Å²) in [6.07, 6.45) is 0. The Bertz CT molecular complexity index is 1950. The van der Waals surface area contributed by atoms with Crippen molar-refractivity contribution in [3.8, 4) is 0 Å². The molecule has 2 aliphatic heterocycles. The smallest absolute Gasteiger partial charge is 0.291 e. The molecule has 7 heteroatoms. The molecular formula is C34H25ClN2O4. The van der Waals surface area contributed by atoms with E-state index in [1.54, 1.807) is 29.2 Å². The molecule has 1 spiro atoms. The maximum absolute atomic E-state index is 14.9. The van der Waals surface area contributed by atoms with E-state index >= 15 is 0 Å². The molecule has 202 valence electrons. The van der Waals surface area contributed by atoms with Gasteiger partial charge in [-0.15, -0.1) is 0 Å². The lowest BCUT2D eigenvalue weighted by Gasteiger charge is -2.34. The Morgan fingerprint density at radius 1 is 0.780 bits per heavy atom. The first-order valence-electron chi connectivity index (χ1n) is 13.4. The SMILES string of the molecule is Cc1ccc(CN2C(=O)c3oc4ccc(C)cc4c(=O)c3C23C(=O)N(Cc2ccc(Cl)cc2)c2ccccc23)cc1. The van der Waals surface area contributed by atoms with Crippen molar-refractivity contribution >= 4 is 40.1 Å². The van der Waals surface area contributed by atoms with Crippen LogP contribution in [0.4, 0.5) is 5.69 Å². The zero-order chi connectivity index (χ0) is 28.5. The molecule has 2 aliphatic rings. The summed E-state index contributed by atoms with van der Waals surface area (Å²) in [4.78, 5) is 46.7. The number of hydrogen-bond donors (Lipinski definition) is 0. The van der Waals surface area contributed by atoms with Crippen LogP contribution in [-0.4, -0.2) is 16.7 Å². The minimum absolute atomic E-state index is 0.0729. The number of benzene rings is 4. The number of halogens is 1. The van der Waals surface area contributed by atoms with Crippen molar-refractivity contribution in [2.24, 2.45) is 0 Å². The van der Waals surface area contributed by atoms with E-state index in [2.05, 4.69) is 0 Å². The van der Waals surface area contributed by atoms with Crippen LogP contribution in [0.5, 0.6) is 0 Å². The number of aryl methyl sites for hydroxylation is 2. The highest BCUT2D eigenvalue weighted by Crippen LogP contribution is 2.53. The second-order valence-corrected chi connectivity index (χ2v) is 11.2. The highest BCUT2D eigenvalue weighted by molar-refractivity contribution is 6.30. The number of para-hydroxylation sites is 1. The molecular weight excluding hydrogens is 536 g/mol. The van der Waals surface area contributed by atoms with Crippen LogP contribution in [0.25, 0.3) is 11.0 Å². The standard InChI is InChI=1S/C34H25ClN2O4/c1-20-7-10-23(11-8-20)19-37-32(39)31-29(30(38)25-17-21(2)9-16-28(25)41-31)34(37)26-5-3-4-6-27(26)36(33(34)40)18-22-12-14-24(35)15-13-22/h3-17H,18-19H2,1-2H3. The van der Waals surface area contributed by atoms with Crippen molar-refractivity contribution < 1.29 is 14.0 Å². The molecule has 1 atom stereocenters. The average molecular weight is 561 g/mol. The lowest BCUT2D eigenvalue weighted by atomic mass is 9.83. The van der Waals surface area contributed by atoms with E-state index in [4.69, 9.17) is 16.0 Å². The van der Waals surface area contributed by atoms with Gasteiger partial charge in [-0.25, -0.2) is 0 Å². The predicted molar refractivity (Wildman–Crippen MR) is 158 cm³/mol. The summed E-state index contributed by atoms with van der Waals surface area (Å²) in [5.41, 5.74) is 3.22. The number of carbonyl (C=O) groups is 2. The molecule has 7 rings (SSSR count). The maximum atomic E-state index is 14.9. The molecule has 1 unspecified atom stereocenters. The van der Waals surface area contributed by atoms with Crippen LogP contribution in [0, 0.1) is 13.8 Å². The number of hydrogen-bond acceptors (Lipinski definition) is 4. The van der Waals surface area contributed by atoms with Crippen LogP contribution in [0.2, 0.25) is 5.02 Å². The Morgan fingerprint density at radius 3 is 2.20 bits per heavy atom. The molecule has 0 saturated carbocycles. The van der Waals surface area contributed by atoms with Crippen molar-refractivity contribution in [1.29, 1.82) is 0 Å². The van der Waals surface area contributed by atoms with Gasteiger partial charge in [0.15, 0.2) is 11.0 Å². The second-order valence-electron chi connectivity index (χ2n) is 10.8. The number of fused-ring (bicyclic) bond motifs is 5. The molecule has 5 aromatic rings. The van der Waals surface area contributed by atoms with Gasteiger partial charge in [-0.05, 0) is 55.3 Å². The quantitative estimate of drug-likeness (QED) is 0.251. The molecule has 4 aromatic carbocycles. The Labute approximate surface area is 241 Å². The first-order chi connectivity index (χ1) is 19.8. The van der Waals surface area contributed by atoms with E-state index in [0.717, 1.165) is 22.3 Å². The van der Waals surface area contributed by atoms with Gasteiger partial charge in [0.1, 0.15) is 5.58 Å². The molecule has 2 amide bonds. The summed E-state index contributed by atoms with van der Waals surface area (Å²) in [5, 5.41) is 0.937. The van der Waals surface area contributed by atoms with Crippen LogP contribution in [0.1, 0.15) is 43.9 Å². The van der Waals surface area contributed by atoms with Gasteiger partial charge in [-0.3, -0.25) is 14.4 Å². The third-order valence-corrected chi connectivity index (χ3v) is 8.36. The monoisotopic (exact) mass is 560 g/mol. The van der Waals surface area contributed by atoms with Crippen LogP contribution in [0.15, 0.2) is 100 Å². The van der Waals surface area contributed by atoms with Gasteiger partial charge in [0.25, 0.3) is 11.8 Å². The number of carbonyl (C=O) groups excluding carboxylic acids is 2. The van der Waals surface area contributed by atoms with Crippen molar-refractivity contribution in [2.75, 3.05) is 4.90 Å². The fourth-order valence-corrected chi connectivity index (χ4v) is 6.26. The van der Waals surface area contributed by atoms with E-state index < -0.39 is 11.4 Å². The van der Waals surface area contributed by atoms with Crippen LogP contribution in [0.3, 0.4) is 0 Å². The fourth-order valence-electron chi connectivity index (χ4n) is 6.13. The zero-order valence-corrected chi connectivity index (χ0v) is 23.2. The van der Waals surface area contributed by atoms with E-state index in [0.29, 0.717) is 27.2 Å². The summed E-state index contributed by atoms with van der Waals surface area (Å²) in [6, 6.07) is 27.8. The van der Waals surface area contributed by atoms with Gasteiger partial charge in [0.05, 0.1) is 23.2 Å². The fraction of sp³-hybridized carbons (Fsp3) is 0.147. The largest absolute Gasteiger partial charge is 0.450 e. The van der Waals surface area contributed by atoms with Gasteiger partial charge in [-0.2, -0.15) is 0 Å². The molecule has 6 nitrogen and oxygen atoms in total. The zero-order valence-electron chi connectivity index (χ0n) is 22.5. The molecule has 0 bridgehead atoms. The minimum Gasteiger partial charge on any atom is -0.450 e. The molecule has 0 aliphatic carbocycles. The second kappa shape index (κ2) is 9.18. The highest BCUT2D eigenvalue weighted by Gasteiger charge is 2.64. The maximum Gasteiger partial charge on any atom is 0.291 e. The van der Waals surface area contributed by atoms with Gasteiger partial charge >= 0.3 is 0 Å². The van der Waals surface area contributed by atoms with Gasteiger partial charge in [-0.1, -0.05) is 83.4 Å². The summed E-state index contributed by atoms with van der Waals surface area (Å²) in [6.45, 7) is 4.24. The summed E-state index contributed by atoms with van der Waals surface area (Å²) < 4.78 is 6.18. The summed E-state index contributed by atoms with van der Waals surface area (Å²) in [7, 11) is 0. The molecule has 1 aromatic heterocycles. The summed E-state index contributed by atoms with van der Waals surface area (Å²) >= 11 is 6.12. The predicted octanol–water partition coefficient (Wildman–Crippen LogP) is 6.51. The number of amides is 2. The molecule has 0 N–H and O–H groups in total. The molecule has 0 radical (unpaired) electrons. The van der Waals surface area contributed by atoms with Crippen LogP contribution >= 0.6 is 11.6 Å². The van der Waals surface area contributed by atoms with Crippen molar-refractivity contribution in [2.45, 2.75) is 32.5 Å². The Hall–Kier alpha value is -4.68. The number of rotatable bonds is 4. The van der Waals surface area contributed by atoms with E-state index in [9.17, 15) is 14.4 Å². The number of nitrogens with zero attached hydrogens (tertiary/aromatic N) is 2. The van der Waals surface area contributed by atoms with Gasteiger partial charge in [0, 0.05) is 17.1 Å². The first kappa shape index (κ1) is 25.3. The molecule has 0 saturated heterocycles. The van der Waals surface area contributed by atoms with E-state index in [1.165, 1.54) is 4.90 Å². The third-order valence-electron chi connectivity index (χ3n) is 8.11. The normalized spacial score (nSPS) is 17.5. The van der Waals surface area contributed by atoms with Crippen LogP contribution in [-0.2, 0) is 23.4 Å². The Kier molecular flexibility index (Phi) is 5.66. The molecule has 41 heavy (non-hydrogen) atoms. The minimum atomic E-state index is -1.68. The van der Waals surface area contributed by atoms with E-state index in [1.807, 2.05) is 80.6 Å². The van der Waals surface area contributed by atoms with Gasteiger partial charge < -0.3 is 14.2 Å². The van der Waals surface area contributed by atoms with Crippen molar-refractivity contribution in [3.05, 3.63) is 145 Å².